The van der Waals surface area contributed by atoms with Crippen molar-refractivity contribution in [2.75, 3.05) is 0 Å². The number of amides is 3. The van der Waals surface area contributed by atoms with Crippen molar-refractivity contribution in [1.29, 1.82) is 0 Å². The smallest absolute Gasteiger partial charge is 0.328 e. The Morgan fingerprint density at radius 2 is 1.26 bits per heavy atom. The molecule has 0 aliphatic carbocycles. The Hall–Kier alpha value is -3.76. The number of hydrogen-bond donors (Lipinski definition) is 6. The number of hydrogen-bond acceptors (Lipinski definition) is 6. The first kappa shape index (κ1) is 30.5. The molecule has 0 fully saturated rings. The van der Waals surface area contributed by atoms with Crippen LogP contribution in [0.5, 0.6) is 0 Å². The first-order valence-corrected chi connectivity index (χ1v) is 12.7. The number of aliphatic carboxylic acids is 1. The molecule has 0 aromatic heterocycles. The fourth-order valence-corrected chi connectivity index (χ4v) is 3.89. The molecule has 2 rings (SSSR count). The van der Waals surface area contributed by atoms with Gasteiger partial charge in [-0.3, -0.25) is 14.4 Å². The van der Waals surface area contributed by atoms with Crippen LogP contribution in [0.2, 0.25) is 0 Å². The van der Waals surface area contributed by atoms with Crippen molar-refractivity contribution >= 4 is 23.7 Å². The predicted molar refractivity (Wildman–Crippen MR) is 143 cm³/mol. The summed E-state index contributed by atoms with van der Waals surface area (Å²) < 4.78 is 0. The third-order valence-electron chi connectivity index (χ3n) is 6.39. The Morgan fingerprint density at radius 3 is 1.74 bits per heavy atom. The first-order chi connectivity index (χ1) is 18.0. The number of aliphatic hydroxyl groups excluding tert-OH is 1. The molecule has 6 atom stereocenters. The van der Waals surface area contributed by atoms with E-state index < -0.39 is 54.0 Å². The first-order valence-electron chi connectivity index (χ1n) is 12.7. The lowest BCUT2D eigenvalue weighted by Crippen LogP contribution is -2.60. The fourth-order valence-electron chi connectivity index (χ4n) is 3.89. The summed E-state index contributed by atoms with van der Waals surface area (Å²) in [5, 5.41) is 26.8. The van der Waals surface area contributed by atoms with Crippen molar-refractivity contribution in [2.45, 2.75) is 70.3 Å². The molecule has 0 saturated carbocycles. The minimum absolute atomic E-state index is 0.150. The standard InChI is InChI=1S/C28H38N4O6/c1-4-17(2)23(27(36)32-24(18(3)33)28(37)38)31-26(35)22(16-20-13-9-6-10-14-20)30-25(34)21(29)15-19-11-7-5-8-12-19/h5-14,17-18,21-24,33H,4,15-16,29H2,1-3H3,(H,30,34)(H,31,35)(H,32,36)(H,37,38). The molecule has 0 spiro atoms. The molecule has 0 aliphatic heterocycles. The summed E-state index contributed by atoms with van der Waals surface area (Å²) in [4.78, 5) is 50.9. The maximum absolute atomic E-state index is 13.4. The number of nitrogens with one attached hydrogen (secondary N) is 3. The molecule has 38 heavy (non-hydrogen) atoms. The van der Waals surface area contributed by atoms with E-state index in [1.165, 1.54) is 6.92 Å². The second-order valence-electron chi connectivity index (χ2n) is 9.48. The minimum atomic E-state index is -1.54. The summed E-state index contributed by atoms with van der Waals surface area (Å²) in [5.74, 6) is -3.64. The lowest BCUT2D eigenvalue weighted by atomic mass is 9.96. The van der Waals surface area contributed by atoms with Gasteiger partial charge in [0.2, 0.25) is 17.7 Å². The number of carbonyl (C=O) groups is 4. The van der Waals surface area contributed by atoms with Crippen LogP contribution in [-0.2, 0) is 32.0 Å². The molecule has 0 aliphatic rings. The molecule has 2 aromatic rings. The lowest BCUT2D eigenvalue weighted by Gasteiger charge is -2.28. The Labute approximate surface area is 223 Å². The van der Waals surface area contributed by atoms with E-state index in [9.17, 15) is 29.4 Å². The van der Waals surface area contributed by atoms with Crippen molar-refractivity contribution in [1.82, 2.24) is 16.0 Å². The monoisotopic (exact) mass is 526 g/mol. The van der Waals surface area contributed by atoms with E-state index in [1.54, 1.807) is 6.92 Å². The largest absolute Gasteiger partial charge is 0.480 e. The molecule has 10 heteroatoms. The Morgan fingerprint density at radius 1 is 0.763 bits per heavy atom. The number of carboxylic acids is 1. The van der Waals surface area contributed by atoms with Gasteiger partial charge in [0.05, 0.1) is 12.1 Å². The summed E-state index contributed by atoms with van der Waals surface area (Å²) in [7, 11) is 0. The zero-order chi connectivity index (χ0) is 28.2. The number of benzene rings is 2. The highest BCUT2D eigenvalue weighted by Gasteiger charge is 2.34. The molecule has 7 N–H and O–H groups in total. The molecule has 10 nitrogen and oxygen atoms in total. The normalized spacial score (nSPS) is 15.7. The summed E-state index contributed by atoms with van der Waals surface area (Å²) in [6, 6.07) is 13.8. The number of carboxylic acid groups (broad SMARTS) is 1. The van der Waals surface area contributed by atoms with Gasteiger partial charge in [-0.15, -0.1) is 0 Å². The second-order valence-corrected chi connectivity index (χ2v) is 9.48. The van der Waals surface area contributed by atoms with E-state index in [2.05, 4.69) is 16.0 Å². The predicted octanol–water partition coefficient (Wildman–Crippen LogP) is 0.765. The number of carbonyl (C=O) groups excluding carboxylic acids is 3. The Balaban J connectivity index is 2.23. The second kappa shape index (κ2) is 14.8. The summed E-state index contributed by atoms with van der Waals surface area (Å²) >= 11 is 0. The third-order valence-corrected chi connectivity index (χ3v) is 6.39. The Bertz CT molecular complexity index is 1060. The van der Waals surface area contributed by atoms with E-state index in [0.29, 0.717) is 6.42 Å². The van der Waals surface area contributed by atoms with Crippen LogP contribution in [0.1, 0.15) is 38.3 Å². The molecule has 0 radical (unpaired) electrons. The van der Waals surface area contributed by atoms with Crippen LogP contribution in [0, 0.1) is 5.92 Å². The van der Waals surface area contributed by atoms with Gasteiger partial charge < -0.3 is 31.9 Å². The van der Waals surface area contributed by atoms with Gasteiger partial charge in [0.1, 0.15) is 12.1 Å². The molecule has 206 valence electrons. The molecule has 3 amide bonds. The highest BCUT2D eigenvalue weighted by molar-refractivity contribution is 5.94. The molecule has 2 aromatic carbocycles. The van der Waals surface area contributed by atoms with Gasteiger partial charge in [0.15, 0.2) is 6.04 Å². The van der Waals surface area contributed by atoms with Gasteiger partial charge in [0.25, 0.3) is 0 Å². The zero-order valence-corrected chi connectivity index (χ0v) is 22.0. The lowest BCUT2D eigenvalue weighted by molar-refractivity contribution is -0.145. The number of aliphatic hydroxyl groups is 1. The van der Waals surface area contributed by atoms with Gasteiger partial charge >= 0.3 is 5.97 Å². The average molecular weight is 527 g/mol. The molecular formula is C28H38N4O6. The topological polar surface area (TPSA) is 171 Å². The van der Waals surface area contributed by atoms with Crippen LogP contribution >= 0.6 is 0 Å². The van der Waals surface area contributed by atoms with Crippen LogP contribution in [0.15, 0.2) is 60.7 Å². The van der Waals surface area contributed by atoms with Crippen molar-refractivity contribution in [3.8, 4) is 0 Å². The maximum Gasteiger partial charge on any atom is 0.328 e. The molecule has 0 heterocycles. The van der Waals surface area contributed by atoms with E-state index in [0.717, 1.165) is 11.1 Å². The maximum atomic E-state index is 13.4. The average Bonchev–Trinajstić information content (AvgIpc) is 2.89. The highest BCUT2D eigenvalue weighted by Crippen LogP contribution is 2.11. The third kappa shape index (κ3) is 9.28. The summed E-state index contributed by atoms with van der Waals surface area (Å²) in [6.07, 6.45) is -0.416. The molecule has 0 saturated heterocycles. The van der Waals surface area contributed by atoms with Crippen molar-refractivity contribution in [3.63, 3.8) is 0 Å². The molecule has 0 bridgehead atoms. The van der Waals surface area contributed by atoms with Gasteiger partial charge in [0, 0.05) is 6.42 Å². The van der Waals surface area contributed by atoms with Crippen LogP contribution in [-0.4, -0.2) is 64.2 Å². The van der Waals surface area contributed by atoms with Crippen LogP contribution in [0.25, 0.3) is 0 Å². The van der Waals surface area contributed by atoms with E-state index in [4.69, 9.17) is 5.73 Å². The van der Waals surface area contributed by atoms with E-state index >= 15 is 0 Å². The number of nitrogens with two attached hydrogens (primary N) is 1. The van der Waals surface area contributed by atoms with Gasteiger partial charge in [-0.05, 0) is 30.4 Å². The van der Waals surface area contributed by atoms with Crippen molar-refractivity contribution in [3.05, 3.63) is 71.8 Å². The molecule has 6 unspecified atom stereocenters. The highest BCUT2D eigenvalue weighted by atomic mass is 16.4. The van der Waals surface area contributed by atoms with Crippen LogP contribution in [0.4, 0.5) is 0 Å². The number of rotatable bonds is 14. The minimum Gasteiger partial charge on any atom is -0.480 e. The van der Waals surface area contributed by atoms with Crippen molar-refractivity contribution in [2.24, 2.45) is 11.7 Å². The van der Waals surface area contributed by atoms with Gasteiger partial charge in [-0.25, -0.2) is 4.79 Å². The zero-order valence-electron chi connectivity index (χ0n) is 22.0. The van der Waals surface area contributed by atoms with Crippen molar-refractivity contribution < 1.29 is 29.4 Å². The fraction of sp³-hybridized carbons (Fsp3) is 0.429. The summed E-state index contributed by atoms with van der Waals surface area (Å²) in [6.45, 7) is 4.81. The van der Waals surface area contributed by atoms with Crippen LogP contribution < -0.4 is 21.7 Å². The Kier molecular flexibility index (Phi) is 11.9. The van der Waals surface area contributed by atoms with Gasteiger partial charge in [-0.1, -0.05) is 80.9 Å². The quantitative estimate of drug-likeness (QED) is 0.211. The summed E-state index contributed by atoms with van der Waals surface area (Å²) in [5.41, 5.74) is 7.79. The van der Waals surface area contributed by atoms with E-state index in [-0.39, 0.29) is 18.8 Å². The molecular weight excluding hydrogens is 488 g/mol. The van der Waals surface area contributed by atoms with Gasteiger partial charge in [-0.2, -0.15) is 0 Å². The van der Waals surface area contributed by atoms with Crippen LogP contribution in [0.3, 0.4) is 0 Å². The SMILES string of the molecule is CCC(C)C(NC(=O)C(Cc1ccccc1)NC(=O)C(N)Cc1ccccc1)C(=O)NC(C(=O)O)C(C)O. The van der Waals surface area contributed by atoms with E-state index in [1.807, 2.05) is 67.6 Å².